The molecule has 0 N–H and O–H groups in total. The van der Waals surface area contributed by atoms with Gasteiger partial charge in [0.1, 0.15) is 0 Å². The van der Waals surface area contributed by atoms with E-state index in [1.54, 1.807) is 28.0 Å². The van der Waals surface area contributed by atoms with Gasteiger partial charge in [-0.25, -0.2) is 0 Å². The zero-order valence-electron chi connectivity index (χ0n) is 56.4. The van der Waals surface area contributed by atoms with Crippen molar-refractivity contribution < 1.29 is 30.2 Å². The van der Waals surface area contributed by atoms with Crippen LogP contribution in [0.15, 0.2) is 224 Å². The molecule has 2 aliphatic heterocycles. The Morgan fingerprint density at radius 1 is 0.373 bits per heavy atom. The summed E-state index contributed by atoms with van der Waals surface area (Å²) in [6.07, 6.45) is 0. The molecule has 15 rings (SSSR count). The van der Waals surface area contributed by atoms with Crippen LogP contribution in [0, 0.1) is 0 Å². The highest BCUT2D eigenvalue weighted by molar-refractivity contribution is 7.26. The molecule has 0 saturated heterocycles. The molecule has 0 spiro atoms. The van der Waals surface area contributed by atoms with Gasteiger partial charge in [-0.2, -0.15) is 0 Å². The Morgan fingerprint density at radius 3 is 1.58 bits per heavy atom. The van der Waals surface area contributed by atoms with Crippen LogP contribution in [0.25, 0.3) is 84.1 Å². The molecule has 0 unspecified atom stereocenters. The molecule has 2 nitrogen and oxygen atoms in total. The Labute approximate surface area is 426 Å². The Morgan fingerprint density at radius 2 is 0.910 bits per heavy atom. The summed E-state index contributed by atoms with van der Waals surface area (Å²) in [6.45, 7) is -0.897. The summed E-state index contributed by atoms with van der Waals surface area (Å²) < 4.78 is 208. The van der Waals surface area contributed by atoms with E-state index in [2.05, 4.69) is 0 Å². The third-order valence-electron chi connectivity index (χ3n) is 12.9. The van der Waals surface area contributed by atoms with Gasteiger partial charge in [0.15, 0.2) is 0 Å². The molecule has 0 radical (unpaired) electrons. The Balaban J connectivity index is 1.20. The average molecular weight is 907 g/mol. The number of rotatable bonds is 4. The average Bonchev–Trinajstić information content (AvgIpc) is 1.78. The minimum atomic E-state index is -0.897. The van der Waals surface area contributed by atoms with Gasteiger partial charge in [0, 0.05) is 68.8 Å². The van der Waals surface area contributed by atoms with Gasteiger partial charge in [0.05, 0.1) is 41.5 Å². The second kappa shape index (κ2) is 14.3. The lowest BCUT2D eigenvalue weighted by Gasteiger charge is -2.45. The molecule has 0 aliphatic carbocycles. The molecule has 5 heteroatoms. The summed E-state index contributed by atoms with van der Waals surface area (Å²) in [5.41, 5.74) is 0.0548. The molecule has 0 fully saturated rings. The fourth-order valence-corrected chi connectivity index (χ4v) is 12.4. The van der Waals surface area contributed by atoms with E-state index >= 15 is 0 Å². The molecule has 11 aromatic carbocycles. The van der Waals surface area contributed by atoms with Crippen molar-refractivity contribution in [2.45, 2.75) is 0 Å². The zero-order valence-corrected chi connectivity index (χ0v) is 36.1. The third-order valence-corrected chi connectivity index (χ3v) is 15.2. The van der Waals surface area contributed by atoms with E-state index in [1.165, 1.54) is 22.7 Å². The van der Waals surface area contributed by atoms with Crippen LogP contribution in [0.5, 0.6) is 0 Å². The first kappa shape index (κ1) is 22.0. The maximum absolute atomic E-state index is 10.3. The molecule has 2 aliphatic rings. The summed E-state index contributed by atoms with van der Waals surface area (Å²) in [4.78, 5) is 3.22. The lowest BCUT2D eigenvalue weighted by molar-refractivity contribution is 1.27. The molecule has 0 amide bonds. The lowest BCUT2D eigenvalue weighted by atomic mass is 9.33. The fraction of sp³-hybridized carbons (Fsp3) is 0. The minimum Gasteiger partial charge on any atom is -0.311 e. The third kappa shape index (κ3) is 5.38. The van der Waals surface area contributed by atoms with Crippen molar-refractivity contribution in [3.8, 4) is 22.3 Å². The van der Waals surface area contributed by atoms with Crippen molar-refractivity contribution in [2.75, 3.05) is 9.80 Å². The Bertz CT molecular complexity index is 5470. The van der Waals surface area contributed by atoms with Gasteiger partial charge in [0.2, 0.25) is 0 Å². The van der Waals surface area contributed by atoms with Gasteiger partial charge in [-0.15, -0.1) is 22.7 Å². The van der Waals surface area contributed by atoms with Crippen molar-refractivity contribution in [3.63, 3.8) is 0 Å². The Hall–Kier alpha value is -7.96. The van der Waals surface area contributed by atoms with E-state index in [4.69, 9.17) is 12.3 Å². The van der Waals surface area contributed by atoms with Gasteiger partial charge in [-0.05, 0) is 96.9 Å². The van der Waals surface area contributed by atoms with Crippen LogP contribution in [0.2, 0.25) is 0 Å². The molecule has 67 heavy (non-hydrogen) atoms. The largest absolute Gasteiger partial charge is 0.311 e. The predicted molar refractivity (Wildman–Crippen MR) is 292 cm³/mol. The molecule has 0 bridgehead atoms. The number of thiophene rings is 2. The van der Waals surface area contributed by atoms with E-state index in [-0.39, 0.29) is 28.1 Å². The molecular formula is C62H37BN2S2. The normalized spacial score (nSPS) is 17.6. The zero-order chi connectivity index (χ0) is 62.9. The molecular weight excluding hydrogens is 848 g/mol. The second-order valence-electron chi connectivity index (χ2n) is 16.3. The highest BCUT2D eigenvalue weighted by Gasteiger charge is 2.45. The van der Waals surface area contributed by atoms with E-state index < -0.39 is 178 Å². The van der Waals surface area contributed by atoms with Gasteiger partial charge in [-0.1, -0.05) is 181 Å². The van der Waals surface area contributed by atoms with Crippen molar-refractivity contribution in [1.29, 1.82) is 0 Å². The maximum Gasteiger partial charge on any atom is 0.252 e. The van der Waals surface area contributed by atoms with Gasteiger partial charge < -0.3 is 9.80 Å². The topological polar surface area (TPSA) is 6.48 Å². The summed E-state index contributed by atoms with van der Waals surface area (Å²) in [7, 11) is 0. The van der Waals surface area contributed by atoms with E-state index in [1.807, 2.05) is 72.8 Å². The summed E-state index contributed by atoms with van der Waals surface area (Å²) in [6, 6.07) is 11.9. The van der Waals surface area contributed by atoms with Crippen LogP contribution in [-0.4, -0.2) is 6.71 Å². The van der Waals surface area contributed by atoms with Gasteiger partial charge >= 0.3 is 0 Å². The molecule has 0 saturated carbocycles. The van der Waals surface area contributed by atoms with Crippen LogP contribution in [-0.2, 0) is 0 Å². The SMILES string of the molecule is [2H]c1c([2H])c([2H])c(-c2c([2H])c([2H])c3c([2H])c([2H])c([2H])c([2H])c3c2N2c3cc4sc5ccccc5c4cc3B3c4cc5c(cc4N(c4c([2H])c([2H])c6c([2H])c([2H])c([2H])c([2H])c6c4-c4c([2H])c([2H])c([2H])c([2H])c4[2H])c4cccc2c43)sc2ccccc25)c([2H])c1[2H]. The lowest BCUT2D eigenvalue weighted by Crippen LogP contribution is -2.61. The first-order valence-corrected chi connectivity index (χ1v) is 22.9. The van der Waals surface area contributed by atoms with Crippen LogP contribution in [0.4, 0.5) is 34.1 Å². The number of hydrogen-bond acceptors (Lipinski definition) is 4. The second-order valence-corrected chi connectivity index (χ2v) is 18.4. The molecule has 13 aromatic rings. The number of benzene rings is 11. The van der Waals surface area contributed by atoms with Crippen molar-refractivity contribution in [3.05, 3.63) is 224 Å². The maximum atomic E-state index is 10.3. The molecule has 4 heterocycles. The summed E-state index contributed by atoms with van der Waals surface area (Å²) in [5.74, 6) is 0. The van der Waals surface area contributed by atoms with Crippen LogP contribution < -0.4 is 26.2 Å². The Kier molecular flexibility index (Phi) is 4.69. The first-order valence-electron chi connectivity index (χ1n) is 32.2. The van der Waals surface area contributed by atoms with Crippen molar-refractivity contribution in [1.82, 2.24) is 0 Å². The molecule has 0 atom stereocenters. The summed E-state index contributed by atoms with van der Waals surface area (Å²) in [5, 5.41) is 1.71. The predicted octanol–water partition coefficient (Wildman–Crippen LogP) is 16.1. The van der Waals surface area contributed by atoms with Crippen LogP contribution in [0.1, 0.15) is 30.2 Å². The van der Waals surface area contributed by atoms with Gasteiger partial charge in [0.25, 0.3) is 6.71 Å². The van der Waals surface area contributed by atoms with Crippen LogP contribution in [0.3, 0.4) is 0 Å². The quantitative estimate of drug-likeness (QED) is 0.162. The number of nitrogens with zero attached hydrogens (tertiary/aromatic N) is 2. The fourth-order valence-electron chi connectivity index (χ4n) is 10.2. The standard InChI is InChI=1S/C62H37BN2S2/c1-3-16-38(17-4-1)44-32-30-40-19-8-10-23-43(40)62(44)65-53-27-15-26-52-61(53)63(50-35-48-46-25-12-14-29-57(46)67-59(48)37-55(50)65)49-34-47-45-24-11-13-28-56(45)66-58(47)36-54(49)64(52)51-33-31-39-18-7-9-22-42(39)60(51)41-20-5-2-6-21-41/h1-37H/i1D,2D,3D,4D,5D,6D,7D,8D,9D,10D,16D,17D,18D,19D,20D,21D,22D,23D,30D,31D,32D,33D. The van der Waals surface area contributed by atoms with E-state index in [0.29, 0.717) is 27.8 Å². The highest BCUT2D eigenvalue weighted by Crippen LogP contribution is 2.52. The highest BCUT2D eigenvalue weighted by atomic mass is 32.1. The van der Waals surface area contributed by atoms with Crippen molar-refractivity contribution in [2.24, 2.45) is 0 Å². The molecule has 310 valence electrons. The first-order chi connectivity index (χ1) is 42.4. The van der Waals surface area contributed by atoms with Crippen LogP contribution >= 0.6 is 22.7 Å². The number of fused-ring (bicyclic) bond motifs is 12. The van der Waals surface area contributed by atoms with E-state index in [9.17, 15) is 17.8 Å². The summed E-state index contributed by atoms with van der Waals surface area (Å²) >= 11 is 2.91. The number of anilines is 6. The van der Waals surface area contributed by atoms with E-state index in [0.717, 1.165) is 40.3 Å². The number of hydrogen-bond donors (Lipinski definition) is 0. The van der Waals surface area contributed by atoms with Crippen molar-refractivity contribution >= 4 is 142 Å². The van der Waals surface area contributed by atoms with Gasteiger partial charge in [-0.3, -0.25) is 0 Å². The minimum absolute atomic E-state index is 0.201. The molecule has 2 aromatic heterocycles. The monoisotopic (exact) mass is 906 g/mol. The smallest absolute Gasteiger partial charge is 0.252 e.